The van der Waals surface area contributed by atoms with Gasteiger partial charge >= 0.3 is 0 Å². The lowest BCUT2D eigenvalue weighted by Gasteiger charge is -2.10. The van der Waals surface area contributed by atoms with Gasteiger partial charge in [0.25, 0.3) is 10.0 Å². The zero-order valence-corrected chi connectivity index (χ0v) is 15.4. The van der Waals surface area contributed by atoms with Gasteiger partial charge < -0.3 is 10.1 Å². The Bertz CT molecular complexity index is 994. The van der Waals surface area contributed by atoms with Gasteiger partial charge in [0.05, 0.1) is 28.9 Å². The van der Waals surface area contributed by atoms with E-state index >= 15 is 0 Å². The summed E-state index contributed by atoms with van der Waals surface area (Å²) in [6, 6.07) is 16.7. The maximum Gasteiger partial charge on any atom is 0.261 e. The molecule has 26 heavy (non-hydrogen) atoms. The molecule has 0 fully saturated rings. The van der Waals surface area contributed by atoms with Crippen LogP contribution < -0.4 is 14.8 Å². The molecule has 3 aromatic rings. The molecule has 1 aromatic heterocycles. The van der Waals surface area contributed by atoms with Gasteiger partial charge in [-0.25, -0.2) is 13.4 Å². The number of rotatable bonds is 6. The Morgan fingerprint density at radius 1 is 1.00 bits per heavy atom. The molecule has 0 saturated carbocycles. The van der Waals surface area contributed by atoms with E-state index in [2.05, 4.69) is 15.0 Å². The zero-order valence-electron chi connectivity index (χ0n) is 13.8. The van der Waals surface area contributed by atoms with Crippen molar-refractivity contribution in [3.63, 3.8) is 0 Å². The molecule has 0 aliphatic rings. The van der Waals surface area contributed by atoms with Gasteiger partial charge in [-0.2, -0.15) is 0 Å². The largest absolute Gasteiger partial charge is 0.495 e. The van der Waals surface area contributed by atoms with E-state index in [1.165, 1.54) is 18.3 Å². The van der Waals surface area contributed by atoms with Crippen molar-refractivity contribution >= 4 is 38.8 Å². The molecular formula is C18H16ClN3O3S. The Labute approximate surface area is 156 Å². The van der Waals surface area contributed by atoms with E-state index < -0.39 is 10.0 Å². The zero-order chi connectivity index (χ0) is 18.6. The van der Waals surface area contributed by atoms with E-state index in [0.717, 1.165) is 5.69 Å². The molecule has 0 radical (unpaired) electrons. The number of anilines is 3. The summed E-state index contributed by atoms with van der Waals surface area (Å²) in [5.74, 6) is 1.13. The highest BCUT2D eigenvalue weighted by molar-refractivity contribution is 7.92. The Morgan fingerprint density at radius 3 is 2.35 bits per heavy atom. The number of nitrogens with one attached hydrogen (secondary N) is 2. The number of nitrogens with zero attached hydrogens (tertiary/aromatic N) is 1. The molecule has 2 N–H and O–H groups in total. The normalized spacial score (nSPS) is 11.0. The van der Waals surface area contributed by atoms with Crippen molar-refractivity contribution in [3.05, 3.63) is 71.9 Å². The van der Waals surface area contributed by atoms with Gasteiger partial charge in [0.2, 0.25) is 0 Å². The lowest BCUT2D eigenvalue weighted by Crippen LogP contribution is -2.13. The van der Waals surface area contributed by atoms with Crippen molar-refractivity contribution in [2.75, 3.05) is 17.1 Å². The summed E-state index contributed by atoms with van der Waals surface area (Å²) in [4.78, 5) is 4.40. The number of hydrogen-bond acceptors (Lipinski definition) is 5. The fourth-order valence-corrected chi connectivity index (χ4v) is 3.56. The third kappa shape index (κ3) is 4.25. The molecule has 0 aliphatic carbocycles. The van der Waals surface area contributed by atoms with E-state index in [1.54, 1.807) is 55.6 Å². The van der Waals surface area contributed by atoms with Crippen LogP contribution >= 0.6 is 11.6 Å². The summed E-state index contributed by atoms with van der Waals surface area (Å²) < 4.78 is 32.2. The number of sulfonamides is 1. The number of methoxy groups -OCH3 is 1. The van der Waals surface area contributed by atoms with Crippen molar-refractivity contribution in [3.8, 4) is 5.75 Å². The topological polar surface area (TPSA) is 80.3 Å². The molecule has 0 aliphatic heterocycles. The van der Waals surface area contributed by atoms with Gasteiger partial charge in [-0.15, -0.1) is 0 Å². The monoisotopic (exact) mass is 389 g/mol. The first-order valence-electron chi connectivity index (χ1n) is 7.62. The number of aromatic nitrogens is 1. The van der Waals surface area contributed by atoms with Crippen molar-refractivity contribution in [1.82, 2.24) is 4.98 Å². The minimum absolute atomic E-state index is 0.190. The van der Waals surface area contributed by atoms with Gasteiger partial charge in [0.15, 0.2) is 0 Å². The smallest absolute Gasteiger partial charge is 0.261 e. The summed E-state index contributed by atoms with van der Waals surface area (Å²) in [5.41, 5.74) is 1.10. The minimum atomic E-state index is -3.64. The summed E-state index contributed by atoms with van der Waals surface area (Å²) >= 11 is 6.09. The van der Waals surface area contributed by atoms with Crippen molar-refractivity contribution < 1.29 is 13.2 Å². The lowest BCUT2D eigenvalue weighted by atomic mass is 10.3. The van der Waals surface area contributed by atoms with Gasteiger partial charge in [-0.1, -0.05) is 29.8 Å². The highest BCUT2D eigenvalue weighted by Crippen LogP contribution is 2.28. The molecule has 0 bridgehead atoms. The van der Waals surface area contributed by atoms with Crippen molar-refractivity contribution in [2.24, 2.45) is 0 Å². The second-order valence-electron chi connectivity index (χ2n) is 5.32. The second kappa shape index (κ2) is 7.63. The van der Waals surface area contributed by atoms with Gasteiger partial charge in [-0.3, -0.25) is 4.72 Å². The Balaban J connectivity index is 1.72. The number of hydrogen-bond donors (Lipinski definition) is 2. The number of ether oxygens (including phenoxy) is 1. The highest BCUT2D eigenvalue weighted by atomic mass is 35.5. The predicted molar refractivity (Wildman–Crippen MR) is 103 cm³/mol. The highest BCUT2D eigenvalue weighted by Gasteiger charge is 2.13. The Hall–Kier alpha value is -2.77. The molecule has 134 valence electrons. The third-order valence-electron chi connectivity index (χ3n) is 3.49. The van der Waals surface area contributed by atoms with E-state index in [-0.39, 0.29) is 4.90 Å². The van der Waals surface area contributed by atoms with Crippen LogP contribution in [0.1, 0.15) is 0 Å². The van der Waals surface area contributed by atoms with Crippen LogP contribution in [0.25, 0.3) is 0 Å². The van der Waals surface area contributed by atoms with Gasteiger partial charge in [0.1, 0.15) is 11.6 Å². The lowest BCUT2D eigenvalue weighted by molar-refractivity contribution is 0.415. The molecule has 6 nitrogen and oxygen atoms in total. The standard InChI is InChI=1S/C18H16ClN3O3S/c1-25-17-9-7-13(11-16(17)19)21-18-10-8-14(12-20-18)22-26(23,24)15-5-3-2-4-6-15/h2-12,22H,1H3,(H,20,21). The van der Waals surface area contributed by atoms with E-state index in [4.69, 9.17) is 16.3 Å². The van der Waals surface area contributed by atoms with Crippen LogP contribution in [0.2, 0.25) is 5.02 Å². The summed E-state index contributed by atoms with van der Waals surface area (Å²) in [6.45, 7) is 0. The van der Waals surface area contributed by atoms with E-state index in [1.807, 2.05) is 0 Å². The summed E-state index contributed by atoms with van der Waals surface area (Å²) in [7, 11) is -2.09. The molecule has 3 rings (SSSR count). The second-order valence-corrected chi connectivity index (χ2v) is 7.41. The van der Waals surface area contributed by atoms with Crippen molar-refractivity contribution in [1.29, 1.82) is 0 Å². The van der Waals surface area contributed by atoms with E-state index in [0.29, 0.717) is 22.3 Å². The van der Waals surface area contributed by atoms with Crippen LogP contribution in [0.3, 0.4) is 0 Å². The Morgan fingerprint density at radius 2 is 1.73 bits per heavy atom. The Kier molecular flexibility index (Phi) is 5.29. The maximum absolute atomic E-state index is 12.3. The summed E-state index contributed by atoms with van der Waals surface area (Å²) in [6.07, 6.45) is 1.44. The van der Waals surface area contributed by atoms with Gasteiger partial charge in [-0.05, 0) is 42.5 Å². The number of benzene rings is 2. The van der Waals surface area contributed by atoms with Crippen LogP contribution in [0.15, 0.2) is 71.8 Å². The first-order chi connectivity index (χ1) is 12.5. The molecule has 0 saturated heterocycles. The third-order valence-corrected chi connectivity index (χ3v) is 5.19. The number of pyridine rings is 1. The maximum atomic E-state index is 12.3. The van der Waals surface area contributed by atoms with Crippen LogP contribution in [0.5, 0.6) is 5.75 Å². The van der Waals surface area contributed by atoms with Gasteiger partial charge in [0, 0.05) is 5.69 Å². The first-order valence-corrected chi connectivity index (χ1v) is 9.48. The quantitative estimate of drug-likeness (QED) is 0.657. The molecule has 0 atom stereocenters. The summed E-state index contributed by atoms with van der Waals surface area (Å²) in [5, 5.41) is 3.57. The SMILES string of the molecule is COc1ccc(Nc2ccc(NS(=O)(=O)c3ccccc3)cn2)cc1Cl. The molecule has 2 aromatic carbocycles. The average Bonchev–Trinajstić information content (AvgIpc) is 2.64. The fraction of sp³-hybridized carbons (Fsp3) is 0.0556. The predicted octanol–water partition coefficient (Wildman–Crippen LogP) is 4.29. The molecule has 0 amide bonds. The first kappa shape index (κ1) is 18.0. The van der Waals surface area contributed by atoms with Crippen LogP contribution in [-0.4, -0.2) is 20.5 Å². The minimum Gasteiger partial charge on any atom is -0.495 e. The van der Waals surface area contributed by atoms with Crippen molar-refractivity contribution in [2.45, 2.75) is 4.90 Å². The molecule has 0 spiro atoms. The molecule has 8 heteroatoms. The van der Waals surface area contributed by atoms with Crippen LogP contribution in [0.4, 0.5) is 17.2 Å². The van der Waals surface area contributed by atoms with Crippen LogP contribution in [0, 0.1) is 0 Å². The molecule has 1 heterocycles. The molecular weight excluding hydrogens is 374 g/mol. The number of halogens is 1. The van der Waals surface area contributed by atoms with E-state index in [9.17, 15) is 8.42 Å². The van der Waals surface area contributed by atoms with Crippen LogP contribution in [-0.2, 0) is 10.0 Å². The average molecular weight is 390 g/mol. The molecule has 0 unspecified atom stereocenters. The fourth-order valence-electron chi connectivity index (χ4n) is 2.23.